The Balaban J connectivity index is 2.17. The zero-order valence-corrected chi connectivity index (χ0v) is 14.1. The average molecular weight is 313 g/mol. The lowest BCUT2D eigenvalue weighted by Crippen LogP contribution is -2.47. The molecule has 1 saturated carbocycles. The van der Waals surface area contributed by atoms with Crippen LogP contribution in [0.3, 0.4) is 0 Å². The Kier molecular flexibility index (Phi) is 4.94. The van der Waals surface area contributed by atoms with Gasteiger partial charge in [-0.1, -0.05) is 24.4 Å². The van der Waals surface area contributed by atoms with E-state index in [-0.39, 0.29) is 22.2 Å². The topological polar surface area (TPSA) is 50.2 Å². The van der Waals surface area contributed by atoms with E-state index in [9.17, 15) is 4.79 Å². The summed E-state index contributed by atoms with van der Waals surface area (Å²) in [5.41, 5.74) is 0.546. The second-order valence-corrected chi connectivity index (χ2v) is 6.77. The second kappa shape index (κ2) is 6.36. The fourth-order valence-corrected chi connectivity index (χ4v) is 3.21. The highest BCUT2D eigenvalue weighted by molar-refractivity contribution is 6.32. The molecule has 0 aromatic carbocycles. The molecule has 21 heavy (non-hydrogen) atoms. The van der Waals surface area contributed by atoms with Gasteiger partial charge in [-0.3, -0.25) is 4.79 Å². The zero-order chi connectivity index (χ0) is 15.6. The van der Waals surface area contributed by atoms with Gasteiger partial charge in [-0.15, -0.1) is 0 Å². The molecule has 0 radical (unpaired) electrons. The lowest BCUT2D eigenvalue weighted by molar-refractivity contribution is 0.172. The molecule has 5 nitrogen and oxygen atoms in total. The molecule has 0 amide bonds. The minimum atomic E-state index is -0.234. The van der Waals surface area contributed by atoms with Crippen molar-refractivity contribution >= 4 is 17.3 Å². The summed E-state index contributed by atoms with van der Waals surface area (Å²) < 4.78 is 1.41. The molecular weight excluding hydrogens is 288 g/mol. The second-order valence-electron chi connectivity index (χ2n) is 6.40. The fraction of sp³-hybridized carbons (Fsp3) is 0.733. The maximum Gasteiger partial charge on any atom is 0.287 e. The zero-order valence-electron chi connectivity index (χ0n) is 13.3. The molecule has 1 heterocycles. The summed E-state index contributed by atoms with van der Waals surface area (Å²) in [6.45, 7) is 4.61. The maximum atomic E-state index is 12.2. The molecule has 1 aromatic rings. The molecule has 1 aliphatic carbocycles. The molecule has 1 aromatic heterocycles. The van der Waals surface area contributed by atoms with Gasteiger partial charge < -0.3 is 10.2 Å². The van der Waals surface area contributed by atoms with Crippen molar-refractivity contribution < 1.29 is 0 Å². The molecule has 0 atom stereocenters. The SMILES string of the molecule is CC(C)n1ncc(NCC2(N(C)C)CCCC2)c(Cl)c1=O. The quantitative estimate of drug-likeness (QED) is 0.908. The van der Waals surface area contributed by atoms with Gasteiger partial charge in [0.2, 0.25) is 0 Å². The summed E-state index contributed by atoms with van der Waals surface area (Å²) in [7, 11) is 4.23. The third kappa shape index (κ3) is 3.24. The first-order valence-corrected chi connectivity index (χ1v) is 7.94. The van der Waals surface area contributed by atoms with Crippen LogP contribution in [-0.2, 0) is 0 Å². The summed E-state index contributed by atoms with van der Waals surface area (Å²) in [6.07, 6.45) is 6.49. The van der Waals surface area contributed by atoms with Gasteiger partial charge in [-0.05, 0) is 40.8 Å². The van der Waals surface area contributed by atoms with Gasteiger partial charge in [0.15, 0.2) is 0 Å². The number of nitrogens with one attached hydrogen (secondary N) is 1. The van der Waals surface area contributed by atoms with E-state index in [2.05, 4.69) is 29.4 Å². The van der Waals surface area contributed by atoms with Crippen molar-refractivity contribution in [1.29, 1.82) is 0 Å². The summed E-state index contributed by atoms with van der Waals surface area (Å²) >= 11 is 6.20. The van der Waals surface area contributed by atoms with Gasteiger partial charge >= 0.3 is 0 Å². The monoisotopic (exact) mass is 312 g/mol. The Morgan fingerprint density at radius 3 is 2.57 bits per heavy atom. The van der Waals surface area contributed by atoms with Gasteiger partial charge in [-0.2, -0.15) is 5.10 Å². The van der Waals surface area contributed by atoms with Crippen molar-refractivity contribution in [2.24, 2.45) is 0 Å². The van der Waals surface area contributed by atoms with Crippen LogP contribution in [0.1, 0.15) is 45.6 Å². The van der Waals surface area contributed by atoms with Crippen molar-refractivity contribution in [2.75, 3.05) is 26.0 Å². The van der Waals surface area contributed by atoms with E-state index in [0.29, 0.717) is 5.69 Å². The molecule has 118 valence electrons. The molecule has 0 saturated heterocycles. The molecule has 1 aliphatic rings. The van der Waals surface area contributed by atoms with E-state index in [1.165, 1.54) is 30.4 Å². The van der Waals surface area contributed by atoms with E-state index in [4.69, 9.17) is 11.6 Å². The first-order chi connectivity index (χ1) is 9.87. The highest BCUT2D eigenvalue weighted by Gasteiger charge is 2.35. The summed E-state index contributed by atoms with van der Waals surface area (Å²) in [5, 5.41) is 7.76. The predicted molar refractivity (Wildman–Crippen MR) is 87.3 cm³/mol. The summed E-state index contributed by atoms with van der Waals surface area (Å²) in [4.78, 5) is 14.4. The van der Waals surface area contributed by atoms with Crippen LogP contribution in [0.25, 0.3) is 0 Å². The van der Waals surface area contributed by atoms with E-state index < -0.39 is 0 Å². The van der Waals surface area contributed by atoms with Crippen LogP contribution >= 0.6 is 11.6 Å². The van der Waals surface area contributed by atoms with Crippen LogP contribution in [0.15, 0.2) is 11.0 Å². The Morgan fingerprint density at radius 1 is 1.43 bits per heavy atom. The van der Waals surface area contributed by atoms with E-state index in [1.54, 1.807) is 6.20 Å². The number of hydrogen-bond donors (Lipinski definition) is 1. The molecule has 6 heteroatoms. The van der Waals surface area contributed by atoms with Crippen LogP contribution in [0, 0.1) is 0 Å². The number of halogens is 1. The minimum absolute atomic E-state index is 0.00648. The first kappa shape index (κ1) is 16.3. The first-order valence-electron chi connectivity index (χ1n) is 7.56. The van der Waals surface area contributed by atoms with Crippen LogP contribution < -0.4 is 10.9 Å². The van der Waals surface area contributed by atoms with E-state index in [1.807, 2.05) is 13.8 Å². The van der Waals surface area contributed by atoms with Gasteiger partial charge in [0.1, 0.15) is 5.02 Å². The molecule has 1 N–H and O–H groups in total. The van der Waals surface area contributed by atoms with E-state index >= 15 is 0 Å². The number of likely N-dealkylation sites (N-methyl/N-ethyl adjacent to an activating group) is 1. The molecule has 0 bridgehead atoms. The summed E-state index contributed by atoms with van der Waals surface area (Å²) in [5.74, 6) is 0. The number of aromatic nitrogens is 2. The number of anilines is 1. The maximum absolute atomic E-state index is 12.2. The lowest BCUT2D eigenvalue weighted by atomic mass is 9.96. The highest BCUT2D eigenvalue weighted by atomic mass is 35.5. The fourth-order valence-electron chi connectivity index (χ4n) is 3.01. The standard InChI is InChI=1S/C15H25ClN4O/c1-11(2)20-14(21)13(16)12(9-18-20)17-10-15(19(3)4)7-5-6-8-15/h9,11,17H,5-8,10H2,1-4H3. The van der Waals surface area contributed by atoms with Crippen molar-refractivity contribution in [1.82, 2.24) is 14.7 Å². The molecule has 1 fully saturated rings. The van der Waals surface area contributed by atoms with Crippen molar-refractivity contribution in [3.8, 4) is 0 Å². The molecular formula is C15H25ClN4O. The summed E-state index contributed by atoms with van der Waals surface area (Å²) in [6, 6.07) is 0.00648. The Morgan fingerprint density at radius 2 is 2.05 bits per heavy atom. The Labute approximate surface area is 131 Å². The highest BCUT2D eigenvalue weighted by Crippen LogP contribution is 2.34. The average Bonchev–Trinajstić information content (AvgIpc) is 2.90. The Bertz CT molecular complexity index is 547. The lowest BCUT2D eigenvalue weighted by Gasteiger charge is -2.36. The molecule has 2 rings (SSSR count). The minimum Gasteiger partial charge on any atom is -0.381 e. The van der Waals surface area contributed by atoms with Gasteiger partial charge in [0.05, 0.1) is 17.9 Å². The van der Waals surface area contributed by atoms with Crippen LogP contribution in [0.5, 0.6) is 0 Å². The smallest absolute Gasteiger partial charge is 0.287 e. The number of hydrogen-bond acceptors (Lipinski definition) is 4. The molecule has 0 aliphatic heterocycles. The van der Waals surface area contributed by atoms with Crippen molar-refractivity contribution in [3.05, 3.63) is 21.6 Å². The Hall–Kier alpha value is -1.07. The third-order valence-electron chi connectivity index (χ3n) is 4.52. The molecule has 0 unspecified atom stereocenters. The van der Waals surface area contributed by atoms with Crippen molar-refractivity contribution in [3.63, 3.8) is 0 Å². The normalized spacial score (nSPS) is 17.7. The largest absolute Gasteiger partial charge is 0.381 e. The third-order valence-corrected chi connectivity index (χ3v) is 4.89. The number of rotatable bonds is 5. The van der Waals surface area contributed by atoms with E-state index in [0.717, 1.165) is 6.54 Å². The molecule has 0 spiro atoms. The van der Waals surface area contributed by atoms with Crippen molar-refractivity contribution in [2.45, 2.75) is 51.1 Å². The van der Waals surface area contributed by atoms with Crippen LogP contribution in [0.4, 0.5) is 5.69 Å². The predicted octanol–water partition coefficient (Wildman–Crippen LogP) is 2.76. The van der Waals surface area contributed by atoms with Gasteiger partial charge in [0, 0.05) is 12.1 Å². The van der Waals surface area contributed by atoms with Gasteiger partial charge in [0.25, 0.3) is 5.56 Å². The number of nitrogens with zero attached hydrogens (tertiary/aromatic N) is 3. The van der Waals surface area contributed by atoms with Gasteiger partial charge in [-0.25, -0.2) is 4.68 Å². The van der Waals surface area contributed by atoms with Crippen LogP contribution in [-0.4, -0.2) is 40.9 Å². The van der Waals surface area contributed by atoms with Crippen LogP contribution in [0.2, 0.25) is 5.02 Å².